The summed E-state index contributed by atoms with van der Waals surface area (Å²) in [5, 5.41) is 3.44. The lowest BCUT2D eigenvalue weighted by Gasteiger charge is -2.11. The minimum atomic E-state index is 0.450. The average Bonchev–Trinajstić information content (AvgIpc) is 2.38. The normalized spacial score (nSPS) is 9.53. The zero-order valence-electron chi connectivity index (χ0n) is 10.2. The minimum Gasteiger partial charge on any atom is -0.493 e. The van der Waals surface area contributed by atoms with Crippen LogP contribution in [0, 0.1) is 0 Å². The number of nitrogens with zero attached hydrogens (tertiary/aromatic N) is 3. The van der Waals surface area contributed by atoms with E-state index in [1.54, 1.807) is 7.11 Å². The third-order valence-corrected chi connectivity index (χ3v) is 2.36. The Bertz CT molecular complexity index is 401. The molecule has 0 saturated heterocycles. The number of methoxy groups -OCH3 is 1. The Kier molecular flexibility index (Phi) is 5.75. The van der Waals surface area contributed by atoms with Gasteiger partial charge in [-0.05, 0) is 36.1 Å². The maximum atomic E-state index is 8.12. The molecule has 0 radical (unpaired) electrons. The average molecular weight is 235 g/mol. The van der Waals surface area contributed by atoms with E-state index in [-0.39, 0.29) is 0 Å². The number of hydrogen-bond donors (Lipinski definition) is 0. The summed E-state index contributed by atoms with van der Waals surface area (Å²) >= 11 is 0. The van der Waals surface area contributed by atoms with Crippen molar-refractivity contribution in [1.29, 1.82) is 0 Å². The molecule has 1 rings (SSSR count). The lowest BCUT2D eigenvalue weighted by molar-refractivity contribution is 0.291. The molecular formula is C12H17N3O2. The summed E-state index contributed by atoms with van der Waals surface area (Å²) in [6, 6.07) is 5.90. The van der Waals surface area contributed by atoms with Gasteiger partial charge >= 0.3 is 0 Å². The molecule has 0 saturated carbocycles. The van der Waals surface area contributed by atoms with Gasteiger partial charge in [-0.2, -0.15) is 0 Å². The van der Waals surface area contributed by atoms with Gasteiger partial charge < -0.3 is 9.47 Å². The van der Waals surface area contributed by atoms with E-state index in [1.165, 1.54) is 5.56 Å². The second kappa shape index (κ2) is 7.41. The zero-order chi connectivity index (χ0) is 12.5. The van der Waals surface area contributed by atoms with Gasteiger partial charge in [-0.3, -0.25) is 0 Å². The van der Waals surface area contributed by atoms with E-state index < -0.39 is 0 Å². The molecule has 1 aromatic carbocycles. The highest BCUT2D eigenvalue weighted by Gasteiger charge is 2.04. The third kappa shape index (κ3) is 4.25. The Hall–Kier alpha value is -1.87. The summed E-state index contributed by atoms with van der Waals surface area (Å²) in [7, 11) is 1.63. The van der Waals surface area contributed by atoms with Crippen LogP contribution < -0.4 is 9.47 Å². The van der Waals surface area contributed by atoms with Crippen molar-refractivity contribution in [2.24, 2.45) is 5.11 Å². The molecule has 1 aromatic rings. The Labute approximate surface area is 101 Å². The maximum Gasteiger partial charge on any atom is 0.161 e. The molecule has 0 unspecified atom stereocenters. The number of rotatable bonds is 7. The van der Waals surface area contributed by atoms with E-state index in [4.69, 9.17) is 15.0 Å². The third-order valence-electron chi connectivity index (χ3n) is 2.36. The van der Waals surface area contributed by atoms with Crippen molar-refractivity contribution in [3.8, 4) is 11.5 Å². The van der Waals surface area contributed by atoms with Gasteiger partial charge in [0.15, 0.2) is 11.5 Å². The fourth-order valence-corrected chi connectivity index (χ4v) is 1.41. The van der Waals surface area contributed by atoms with E-state index in [2.05, 4.69) is 16.9 Å². The van der Waals surface area contributed by atoms with Crippen molar-refractivity contribution in [3.63, 3.8) is 0 Å². The Morgan fingerprint density at radius 1 is 1.35 bits per heavy atom. The SMILES string of the molecule is CCc1ccc(OCCCN=[N+]=[N-])c(OC)c1. The molecule has 17 heavy (non-hydrogen) atoms. The molecule has 0 atom stereocenters. The number of aryl methyl sites for hydroxylation is 1. The van der Waals surface area contributed by atoms with Crippen molar-refractivity contribution in [2.75, 3.05) is 20.3 Å². The van der Waals surface area contributed by atoms with Gasteiger partial charge in [0.2, 0.25) is 0 Å². The monoisotopic (exact) mass is 235 g/mol. The summed E-state index contributed by atoms with van der Waals surface area (Å²) < 4.78 is 10.8. The van der Waals surface area contributed by atoms with Crippen molar-refractivity contribution < 1.29 is 9.47 Å². The standard InChI is InChI=1S/C12H17N3O2/c1-3-10-5-6-11(12(9-10)16-2)17-8-4-7-14-15-13/h5-6,9H,3-4,7-8H2,1-2H3. The highest BCUT2D eigenvalue weighted by molar-refractivity contribution is 5.42. The first kappa shape index (κ1) is 13.2. The Morgan fingerprint density at radius 3 is 2.82 bits per heavy atom. The van der Waals surface area contributed by atoms with Gasteiger partial charge in [-0.25, -0.2) is 0 Å². The van der Waals surface area contributed by atoms with E-state index >= 15 is 0 Å². The first-order valence-corrected chi connectivity index (χ1v) is 5.62. The Morgan fingerprint density at radius 2 is 2.18 bits per heavy atom. The smallest absolute Gasteiger partial charge is 0.161 e. The number of ether oxygens (including phenoxy) is 2. The largest absolute Gasteiger partial charge is 0.493 e. The number of benzene rings is 1. The van der Waals surface area contributed by atoms with Crippen LogP contribution in [0.4, 0.5) is 0 Å². The van der Waals surface area contributed by atoms with Crippen molar-refractivity contribution in [1.82, 2.24) is 0 Å². The van der Waals surface area contributed by atoms with Gasteiger partial charge in [0.05, 0.1) is 13.7 Å². The van der Waals surface area contributed by atoms with Crippen LogP contribution in [0.3, 0.4) is 0 Å². The molecule has 0 bridgehead atoms. The summed E-state index contributed by atoms with van der Waals surface area (Å²) in [5.41, 5.74) is 9.33. The van der Waals surface area contributed by atoms with Crippen LogP contribution in [-0.2, 0) is 6.42 Å². The van der Waals surface area contributed by atoms with Crippen LogP contribution in [0.1, 0.15) is 18.9 Å². The molecule has 0 amide bonds. The second-order valence-electron chi connectivity index (χ2n) is 3.50. The fraction of sp³-hybridized carbons (Fsp3) is 0.500. The maximum absolute atomic E-state index is 8.12. The number of azide groups is 1. The first-order valence-electron chi connectivity index (χ1n) is 5.62. The van der Waals surface area contributed by atoms with Crippen LogP contribution in [-0.4, -0.2) is 20.3 Å². The van der Waals surface area contributed by atoms with Gasteiger partial charge in [-0.15, -0.1) is 0 Å². The lowest BCUT2D eigenvalue weighted by atomic mass is 10.1. The highest BCUT2D eigenvalue weighted by atomic mass is 16.5. The van der Waals surface area contributed by atoms with E-state index in [0.717, 1.165) is 17.9 Å². The van der Waals surface area contributed by atoms with E-state index in [9.17, 15) is 0 Å². The summed E-state index contributed by atoms with van der Waals surface area (Å²) in [6.45, 7) is 3.06. The quantitative estimate of drug-likeness (QED) is 0.315. The number of hydrogen-bond acceptors (Lipinski definition) is 3. The van der Waals surface area contributed by atoms with Crippen molar-refractivity contribution >= 4 is 0 Å². The summed E-state index contributed by atoms with van der Waals surface area (Å²) in [5.74, 6) is 1.47. The van der Waals surface area contributed by atoms with Crippen LogP contribution in [0.15, 0.2) is 23.3 Å². The predicted molar refractivity (Wildman–Crippen MR) is 66.5 cm³/mol. The van der Waals surface area contributed by atoms with E-state index in [1.807, 2.05) is 18.2 Å². The van der Waals surface area contributed by atoms with Gasteiger partial charge in [-0.1, -0.05) is 18.1 Å². The van der Waals surface area contributed by atoms with Crippen LogP contribution in [0.2, 0.25) is 0 Å². The topological polar surface area (TPSA) is 67.2 Å². The van der Waals surface area contributed by atoms with Crippen molar-refractivity contribution in [2.45, 2.75) is 19.8 Å². The molecule has 0 aliphatic heterocycles. The van der Waals surface area contributed by atoms with Gasteiger partial charge in [0.25, 0.3) is 0 Å². The molecule has 5 heteroatoms. The molecule has 0 spiro atoms. The molecular weight excluding hydrogens is 218 g/mol. The predicted octanol–water partition coefficient (Wildman–Crippen LogP) is 3.34. The molecule has 0 fully saturated rings. The zero-order valence-corrected chi connectivity index (χ0v) is 10.2. The van der Waals surface area contributed by atoms with Crippen LogP contribution in [0.25, 0.3) is 10.4 Å². The molecule has 0 heterocycles. The molecule has 5 nitrogen and oxygen atoms in total. The van der Waals surface area contributed by atoms with Crippen LogP contribution >= 0.6 is 0 Å². The molecule has 0 aromatic heterocycles. The van der Waals surface area contributed by atoms with Gasteiger partial charge in [0.1, 0.15) is 0 Å². The fourth-order valence-electron chi connectivity index (χ4n) is 1.41. The summed E-state index contributed by atoms with van der Waals surface area (Å²) in [4.78, 5) is 2.68. The summed E-state index contributed by atoms with van der Waals surface area (Å²) in [6.07, 6.45) is 1.66. The van der Waals surface area contributed by atoms with Gasteiger partial charge in [0, 0.05) is 11.5 Å². The molecule has 92 valence electrons. The molecule has 0 N–H and O–H groups in total. The lowest BCUT2D eigenvalue weighted by Crippen LogP contribution is -2.01. The minimum absolute atomic E-state index is 0.450. The van der Waals surface area contributed by atoms with E-state index in [0.29, 0.717) is 19.6 Å². The van der Waals surface area contributed by atoms with Crippen molar-refractivity contribution in [3.05, 3.63) is 34.2 Å². The highest BCUT2D eigenvalue weighted by Crippen LogP contribution is 2.28. The van der Waals surface area contributed by atoms with Crippen LogP contribution in [0.5, 0.6) is 11.5 Å². The molecule has 0 aliphatic carbocycles. The molecule has 0 aliphatic rings. The first-order chi connectivity index (χ1) is 8.31. The Balaban J connectivity index is 2.54. The second-order valence-corrected chi connectivity index (χ2v) is 3.50.